The van der Waals surface area contributed by atoms with Gasteiger partial charge in [0.25, 0.3) is 5.91 Å². The van der Waals surface area contributed by atoms with E-state index in [1.165, 1.54) is 29.2 Å². The van der Waals surface area contributed by atoms with E-state index < -0.39 is 27.4 Å². The van der Waals surface area contributed by atoms with Gasteiger partial charge in [-0.3, -0.25) is 9.69 Å². The van der Waals surface area contributed by atoms with Crippen LogP contribution in [0.15, 0.2) is 71.6 Å². The molecule has 1 aromatic heterocycles. The van der Waals surface area contributed by atoms with Gasteiger partial charge in [0.05, 0.1) is 16.1 Å². The molecule has 0 saturated carbocycles. The molecule has 9 heteroatoms. The fourth-order valence-electron chi connectivity index (χ4n) is 3.07. The molecule has 0 bridgehead atoms. The average Bonchev–Trinajstić information content (AvgIpc) is 3.16. The molecule has 31 heavy (non-hydrogen) atoms. The lowest BCUT2D eigenvalue weighted by Gasteiger charge is -2.20. The zero-order valence-electron chi connectivity index (χ0n) is 16.2. The van der Waals surface area contributed by atoms with Crippen LogP contribution in [0.25, 0.3) is 10.2 Å². The SMILES string of the molecule is CS(=O)(=O)c1cccc(C(=O)N(Cc2ccccc2)c2nc3c(F)cc(F)cc3s2)c1. The molecule has 4 aromatic rings. The summed E-state index contributed by atoms with van der Waals surface area (Å²) in [4.78, 5) is 19.0. The van der Waals surface area contributed by atoms with E-state index in [1.807, 2.05) is 30.3 Å². The third-order valence-electron chi connectivity index (χ3n) is 4.57. The number of anilines is 1. The van der Waals surface area contributed by atoms with Crippen LogP contribution in [0.5, 0.6) is 0 Å². The van der Waals surface area contributed by atoms with Crippen LogP contribution in [0.3, 0.4) is 0 Å². The molecule has 0 atom stereocenters. The molecule has 0 unspecified atom stereocenters. The Morgan fingerprint density at radius 3 is 2.48 bits per heavy atom. The minimum absolute atomic E-state index is 0.00965. The Hall–Kier alpha value is -3.17. The number of nitrogens with zero attached hydrogens (tertiary/aromatic N) is 2. The van der Waals surface area contributed by atoms with E-state index in [1.54, 1.807) is 0 Å². The molecule has 0 aliphatic rings. The third-order valence-corrected chi connectivity index (χ3v) is 6.71. The van der Waals surface area contributed by atoms with Crippen LogP contribution >= 0.6 is 11.3 Å². The van der Waals surface area contributed by atoms with Crippen LogP contribution < -0.4 is 4.90 Å². The monoisotopic (exact) mass is 458 g/mol. The molecule has 1 amide bonds. The molecule has 0 saturated heterocycles. The van der Waals surface area contributed by atoms with Crippen molar-refractivity contribution in [3.05, 3.63) is 89.5 Å². The summed E-state index contributed by atoms with van der Waals surface area (Å²) >= 11 is 0.981. The molecule has 1 heterocycles. The van der Waals surface area contributed by atoms with Gasteiger partial charge in [-0.1, -0.05) is 47.7 Å². The largest absolute Gasteiger partial charge is 0.279 e. The van der Waals surface area contributed by atoms with Crippen molar-refractivity contribution >= 4 is 42.4 Å². The maximum atomic E-state index is 14.2. The van der Waals surface area contributed by atoms with Gasteiger partial charge in [-0.25, -0.2) is 22.2 Å². The molecule has 0 aliphatic heterocycles. The standard InChI is InChI=1S/C22H16F2N2O3S2/c1-31(28,29)17-9-5-8-15(10-17)21(27)26(13-14-6-3-2-4-7-14)22-25-20-18(24)11-16(23)12-19(20)30-22/h2-12H,13H2,1H3. The predicted molar refractivity (Wildman–Crippen MR) is 116 cm³/mol. The highest BCUT2D eigenvalue weighted by atomic mass is 32.2. The highest BCUT2D eigenvalue weighted by Crippen LogP contribution is 2.33. The fourth-order valence-corrected chi connectivity index (χ4v) is 4.74. The van der Waals surface area contributed by atoms with E-state index in [-0.39, 0.29) is 32.4 Å². The van der Waals surface area contributed by atoms with Crippen LogP contribution in [-0.2, 0) is 16.4 Å². The topological polar surface area (TPSA) is 67.3 Å². The molecule has 158 valence electrons. The first-order valence-electron chi connectivity index (χ1n) is 9.14. The predicted octanol–water partition coefficient (Wildman–Crippen LogP) is 4.83. The summed E-state index contributed by atoms with van der Waals surface area (Å²) in [5, 5.41) is 0.179. The van der Waals surface area contributed by atoms with Crippen molar-refractivity contribution < 1.29 is 22.0 Å². The highest BCUT2D eigenvalue weighted by molar-refractivity contribution is 7.90. The minimum Gasteiger partial charge on any atom is -0.279 e. The molecule has 5 nitrogen and oxygen atoms in total. The van der Waals surface area contributed by atoms with E-state index >= 15 is 0 Å². The summed E-state index contributed by atoms with van der Waals surface area (Å²) < 4.78 is 51.9. The molecular formula is C22H16F2N2O3S2. The molecule has 0 aliphatic carbocycles. The number of amides is 1. The number of hydrogen-bond acceptors (Lipinski definition) is 5. The van der Waals surface area contributed by atoms with E-state index in [0.29, 0.717) is 0 Å². The van der Waals surface area contributed by atoms with Crippen molar-refractivity contribution in [2.24, 2.45) is 0 Å². The van der Waals surface area contributed by atoms with Gasteiger partial charge in [0.2, 0.25) is 0 Å². The first kappa shape index (κ1) is 21.1. The van der Waals surface area contributed by atoms with Gasteiger partial charge in [0.1, 0.15) is 11.3 Å². The zero-order valence-corrected chi connectivity index (χ0v) is 17.9. The molecule has 0 fully saturated rings. The van der Waals surface area contributed by atoms with Crippen molar-refractivity contribution in [1.29, 1.82) is 0 Å². The van der Waals surface area contributed by atoms with Crippen LogP contribution in [0.4, 0.5) is 13.9 Å². The highest BCUT2D eigenvalue weighted by Gasteiger charge is 2.24. The number of hydrogen-bond donors (Lipinski definition) is 0. The lowest BCUT2D eigenvalue weighted by Crippen LogP contribution is -2.30. The van der Waals surface area contributed by atoms with Crippen LogP contribution in [-0.4, -0.2) is 25.6 Å². The quantitative estimate of drug-likeness (QED) is 0.430. The van der Waals surface area contributed by atoms with Crippen LogP contribution in [0, 0.1) is 11.6 Å². The fraction of sp³-hybridized carbons (Fsp3) is 0.0909. The van der Waals surface area contributed by atoms with Crippen molar-refractivity contribution in [3.8, 4) is 0 Å². The Morgan fingerprint density at radius 2 is 1.77 bits per heavy atom. The summed E-state index contributed by atoms with van der Waals surface area (Å²) in [6.07, 6.45) is 1.06. The summed E-state index contributed by atoms with van der Waals surface area (Å²) in [5.74, 6) is -2.06. The van der Waals surface area contributed by atoms with Gasteiger partial charge in [-0.05, 0) is 29.8 Å². The Labute approximate surface area is 181 Å². The number of benzene rings is 3. The first-order valence-corrected chi connectivity index (χ1v) is 11.8. The smallest absolute Gasteiger partial charge is 0.260 e. The zero-order chi connectivity index (χ0) is 22.2. The lowest BCUT2D eigenvalue weighted by atomic mass is 10.1. The second-order valence-electron chi connectivity index (χ2n) is 6.91. The van der Waals surface area contributed by atoms with Gasteiger partial charge < -0.3 is 0 Å². The van der Waals surface area contributed by atoms with Gasteiger partial charge in [-0.15, -0.1) is 0 Å². The van der Waals surface area contributed by atoms with Crippen molar-refractivity contribution in [1.82, 2.24) is 4.98 Å². The second kappa shape index (κ2) is 8.16. The first-order chi connectivity index (χ1) is 14.7. The lowest BCUT2D eigenvalue weighted by molar-refractivity contribution is 0.0985. The molecule has 0 spiro atoms. The van der Waals surface area contributed by atoms with Crippen molar-refractivity contribution in [3.63, 3.8) is 0 Å². The Balaban J connectivity index is 1.82. The van der Waals surface area contributed by atoms with E-state index in [9.17, 15) is 22.0 Å². The van der Waals surface area contributed by atoms with Gasteiger partial charge in [0, 0.05) is 17.9 Å². The number of halogens is 2. The number of carbonyl (C=O) groups is 1. The number of sulfone groups is 1. The Bertz CT molecular complexity index is 1390. The summed E-state index contributed by atoms with van der Waals surface area (Å²) in [5.41, 5.74) is 0.905. The average molecular weight is 459 g/mol. The number of aromatic nitrogens is 1. The van der Waals surface area contributed by atoms with E-state index in [2.05, 4.69) is 4.98 Å². The van der Waals surface area contributed by atoms with Gasteiger partial charge >= 0.3 is 0 Å². The van der Waals surface area contributed by atoms with E-state index in [4.69, 9.17) is 0 Å². The number of carbonyl (C=O) groups excluding carboxylic acids is 1. The normalized spacial score (nSPS) is 11.6. The molecule has 4 rings (SSSR count). The Morgan fingerprint density at radius 1 is 1.03 bits per heavy atom. The molecule has 0 radical (unpaired) electrons. The third kappa shape index (κ3) is 4.47. The number of rotatable bonds is 5. The molecule has 0 N–H and O–H groups in total. The van der Waals surface area contributed by atoms with Gasteiger partial charge in [0.15, 0.2) is 20.8 Å². The van der Waals surface area contributed by atoms with Crippen molar-refractivity contribution in [2.45, 2.75) is 11.4 Å². The van der Waals surface area contributed by atoms with Gasteiger partial charge in [-0.2, -0.15) is 0 Å². The second-order valence-corrected chi connectivity index (χ2v) is 9.93. The van der Waals surface area contributed by atoms with Crippen LogP contribution in [0.1, 0.15) is 15.9 Å². The molecule has 3 aromatic carbocycles. The maximum Gasteiger partial charge on any atom is 0.260 e. The summed E-state index contributed by atoms with van der Waals surface area (Å²) in [7, 11) is -3.51. The minimum atomic E-state index is -3.51. The van der Waals surface area contributed by atoms with Crippen LogP contribution in [0.2, 0.25) is 0 Å². The van der Waals surface area contributed by atoms with E-state index in [0.717, 1.165) is 35.3 Å². The maximum absolute atomic E-state index is 14.2. The Kier molecular flexibility index (Phi) is 5.55. The summed E-state index contributed by atoms with van der Waals surface area (Å²) in [6.45, 7) is 0.118. The van der Waals surface area contributed by atoms with Crippen molar-refractivity contribution in [2.75, 3.05) is 11.2 Å². The number of thiazole rings is 1. The molecular weight excluding hydrogens is 442 g/mol. The number of fused-ring (bicyclic) bond motifs is 1. The summed E-state index contributed by atoms with van der Waals surface area (Å²) in [6, 6.07) is 16.7.